The van der Waals surface area contributed by atoms with Gasteiger partial charge in [-0.25, -0.2) is 24.0 Å². The molecule has 0 aliphatic carbocycles. The first-order valence-electron chi connectivity index (χ1n) is 46.7. The first kappa shape index (κ1) is 112. The summed E-state index contributed by atoms with van der Waals surface area (Å²) in [5, 5.41) is 131. The van der Waals surface area contributed by atoms with Gasteiger partial charge in [-0.2, -0.15) is 0 Å². The van der Waals surface area contributed by atoms with E-state index in [0.717, 1.165) is 125 Å². The fourth-order valence-corrected chi connectivity index (χ4v) is 18.4. The van der Waals surface area contributed by atoms with E-state index in [1.807, 2.05) is 207 Å². The molecule has 0 heterocycles. The standard InChI is InChI=1S/C25H25ClO5.C24H23ClO5.3C23H21ClO5/c1-3-31-22-11-7-6-10-18(22)14-17-9-5-4-8-16(17)12-13-19-23(25(29)30-2)20(27)15-21(28)24(19)26;1-29-21-10-6-5-9-17(21)13-16-8-4-3-7-15(16)11-12-18-22(24(28)30-2)19(26)14-20(27)23(18)25;1-29-23(28)21-16(22(24)20(27)13-19(21)26)11-10-15-8-5-9-18(25)17(15)12-14-6-3-2-4-7-14;1-29-23(28)21-18(22(24)20(27)13-19(21)26)10-8-16-12-17(25)9-7-15(16)11-14-5-3-2-4-6-14;1-29-23(28)21-18(22(24)20(27)13-19(21)26)10-8-15-7-9-17(25)12-16(15)11-14-5-3-2-4-6-14/h4-11,15,27-28H,3,12-14H2,1-2H3;3-10,14,26-27H,11-13H2,1-2H3;2-9,13,25-27H,10-12H2,1H3;2*2-7,9,12-13,25-27H,8,10-11H2,1H3. The van der Waals surface area contributed by atoms with E-state index in [2.05, 4.69) is 6.07 Å². The zero-order valence-electron chi connectivity index (χ0n) is 81.9. The van der Waals surface area contributed by atoms with E-state index < -0.39 is 41.3 Å². The van der Waals surface area contributed by atoms with E-state index in [9.17, 15) is 90.4 Å². The van der Waals surface area contributed by atoms with Crippen LogP contribution in [0, 0.1) is 0 Å². The second-order valence-electron chi connectivity index (χ2n) is 33.9. The van der Waals surface area contributed by atoms with Gasteiger partial charge in [-0.1, -0.05) is 258 Å². The summed E-state index contributed by atoms with van der Waals surface area (Å²) in [7, 11) is 7.74. The Bertz CT molecular complexity index is 7120. The lowest BCUT2D eigenvalue weighted by Crippen LogP contribution is -2.09. The topological polar surface area (TPSA) is 413 Å². The molecule has 0 bridgehead atoms. The van der Waals surface area contributed by atoms with Gasteiger partial charge in [0.05, 0.1) is 74.4 Å². The lowest BCUT2D eigenvalue weighted by atomic mass is 9.93. The number of aromatic hydroxyl groups is 13. The van der Waals surface area contributed by atoms with Crippen LogP contribution in [0.15, 0.2) is 273 Å². The van der Waals surface area contributed by atoms with Crippen LogP contribution in [0.4, 0.5) is 0 Å². The highest BCUT2D eigenvalue weighted by molar-refractivity contribution is 6.35. The van der Waals surface area contributed by atoms with Gasteiger partial charge < -0.3 is 99.5 Å². The molecule has 0 unspecified atom stereocenters. The summed E-state index contributed by atoms with van der Waals surface area (Å²) in [4.78, 5) is 60.8. The largest absolute Gasteiger partial charge is 0.508 e. The van der Waals surface area contributed by atoms with Crippen molar-refractivity contribution >= 4 is 87.9 Å². The Kier molecular flexibility index (Phi) is 41.3. The first-order valence-corrected chi connectivity index (χ1v) is 48.6. The third kappa shape index (κ3) is 29.3. The number of esters is 5. The van der Waals surface area contributed by atoms with Crippen molar-refractivity contribution in [1.29, 1.82) is 0 Å². The van der Waals surface area contributed by atoms with Crippen molar-refractivity contribution in [1.82, 2.24) is 0 Å². The van der Waals surface area contributed by atoms with Crippen molar-refractivity contribution in [3.05, 3.63) is 437 Å². The predicted molar refractivity (Wildman–Crippen MR) is 569 cm³/mol. The summed E-state index contributed by atoms with van der Waals surface area (Å²) in [6, 6.07) is 82.1. The average molecular weight is 2110 g/mol. The SMILES string of the molecule is CCOc1ccccc1Cc1ccccc1CCc1c(Cl)c(O)cc(O)c1C(=O)OC.COC(=O)c1c(O)cc(O)c(Cl)c1CCc1cc(O)ccc1Cc1ccccc1.COC(=O)c1c(O)cc(O)c(Cl)c1CCc1ccc(O)cc1Cc1ccccc1.COC(=O)c1c(O)cc(O)c(Cl)c1CCc1cccc(O)c1Cc1ccccc1.COC(=O)c1c(O)cc(O)c(Cl)c1CCc1ccccc1Cc1ccccc1OC. The van der Waals surface area contributed by atoms with Crippen LogP contribution in [-0.4, -0.2) is 145 Å². The van der Waals surface area contributed by atoms with Gasteiger partial charge in [0.25, 0.3) is 0 Å². The molecular weight excluding hydrogens is 1990 g/mol. The molecule has 0 aliphatic heterocycles. The average Bonchev–Trinajstić information content (AvgIpc) is 0.805. The van der Waals surface area contributed by atoms with Gasteiger partial charge in [-0.3, -0.25) is 0 Å². The minimum atomic E-state index is -0.736. The van der Waals surface area contributed by atoms with Crippen LogP contribution in [0.25, 0.3) is 0 Å². The summed E-state index contributed by atoms with van der Waals surface area (Å²) in [6.07, 6.45) is 7.18. The molecule has 0 fully saturated rings. The number of methoxy groups -OCH3 is 6. The van der Waals surface area contributed by atoms with Gasteiger partial charge >= 0.3 is 29.8 Å². The molecule has 25 nitrogen and oxygen atoms in total. The Hall–Kier alpha value is -15.9. The number of halogens is 5. The lowest BCUT2D eigenvalue weighted by Gasteiger charge is -2.15. The van der Waals surface area contributed by atoms with Gasteiger partial charge in [0.2, 0.25) is 0 Å². The molecule has 0 aliphatic rings. The fourth-order valence-electron chi connectivity index (χ4n) is 17.2. The smallest absolute Gasteiger partial charge is 0.341 e. The molecule has 0 saturated heterocycles. The van der Waals surface area contributed by atoms with E-state index >= 15 is 0 Å². The predicted octanol–water partition coefficient (Wildman–Crippen LogP) is 24.1. The molecule has 15 aromatic rings. The van der Waals surface area contributed by atoms with E-state index in [1.54, 1.807) is 43.5 Å². The third-order valence-corrected chi connectivity index (χ3v) is 26.7. The monoisotopic (exact) mass is 2100 g/mol. The molecule has 148 heavy (non-hydrogen) atoms. The first-order chi connectivity index (χ1) is 71.1. The van der Waals surface area contributed by atoms with Crippen LogP contribution in [0.2, 0.25) is 25.1 Å². The Balaban J connectivity index is 0.000000176. The van der Waals surface area contributed by atoms with Crippen LogP contribution in [-0.2, 0) is 120 Å². The maximum Gasteiger partial charge on any atom is 0.341 e. The van der Waals surface area contributed by atoms with Crippen molar-refractivity contribution < 1.29 is 124 Å². The number of hydrogen-bond acceptors (Lipinski definition) is 25. The summed E-state index contributed by atoms with van der Waals surface area (Å²) < 4.78 is 35.0. The van der Waals surface area contributed by atoms with E-state index in [4.69, 9.17) is 91.2 Å². The second kappa shape index (κ2) is 54.3. The normalized spacial score (nSPS) is 10.7. The zero-order valence-corrected chi connectivity index (χ0v) is 85.7. The Morgan fingerprint density at radius 3 is 0.811 bits per heavy atom. The highest BCUT2D eigenvalue weighted by atomic mass is 35.5. The highest BCUT2D eigenvalue weighted by Gasteiger charge is 2.30. The number of phenols is 13. The molecular formula is C118H111Cl5O25. The van der Waals surface area contributed by atoms with E-state index in [-0.39, 0.29) is 135 Å². The maximum atomic E-state index is 12.2. The number of carbonyl (C=O) groups excluding carboxylic acids is 5. The summed E-state index contributed by atoms with van der Waals surface area (Å²) >= 11 is 31.2. The number of hydrogen-bond donors (Lipinski definition) is 13. The molecule has 0 atom stereocenters. The quantitative estimate of drug-likeness (QED) is 0.0134. The number of phenolic OH excluding ortho intramolecular Hbond substituents is 13. The summed E-state index contributed by atoms with van der Waals surface area (Å²) in [5.41, 5.74) is 16.6. The van der Waals surface area contributed by atoms with Crippen LogP contribution >= 0.6 is 58.0 Å². The number of aryl methyl sites for hydroxylation is 5. The van der Waals surface area contributed by atoms with Crippen LogP contribution in [0.3, 0.4) is 0 Å². The molecule has 0 radical (unpaired) electrons. The minimum absolute atomic E-state index is 0.00610. The zero-order chi connectivity index (χ0) is 107. The molecule has 0 amide bonds. The van der Waals surface area contributed by atoms with Crippen LogP contribution < -0.4 is 9.47 Å². The Labute approximate surface area is 881 Å². The van der Waals surface area contributed by atoms with Gasteiger partial charge in [-0.15, -0.1) is 0 Å². The molecule has 13 N–H and O–H groups in total. The van der Waals surface area contributed by atoms with Gasteiger partial charge in [0, 0.05) is 55.2 Å². The minimum Gasteiger partial charge on any atom is -0.508 e. The number of ether oxygens (including phenoxy) is 7. The molecule has 768 valence electrons. The lowest BCUT2D eigenvalue weighted by molar-refractivity contribution is 0.0586. The van der Waals surface area contributed by atoms with Gasteiger partial charge in [-0.05, 0) is 232 Å². The van der Waals surface area contributed by atoms with Crippen LogP contribution in [0.5, 0.6) is 86.2 Å². The molecule has 15 aromatic carbocycles. The summed E-state index contributed by atoms with van der Waals surface area (Å²) in [5.74, 6) is -4.82. The highest BCUT2D eigenvalue weighted by Crippen LogP contribution is 2.45. The number of rotatable bonds is 33. The van der Waals surface area contributed by atoms with E-state index in [0.29, 0.717) is 111 Å². The Morgan fingerprint density at radius 2 is 0.473 bits per heavy atom. The third-order valence-electron chi connectivity index (χ3n) is 24.6. The molecule has 30 heteroatoms. The van der Waals surface area contributed by atoms with Gasteiger partial charge in [0.15, 0.2) is 0 Å². The molecule has 15 rings (SSSR count). The number of carbonyl (C=O) groups is 5. The molecule has 0 saturated carbocycles. The number of para-hydroxylation sites is 2. The maximum absolute atomic E-state index is 12.2. The van der Waals surface area contributed by atoms with Crippen molar-refractivity contribution in [2.24, 2.45) is 0 Å². The van der Waals surface area contributed by atoms with Crippen molar-refractivity contribution in [3.63, 3.8) is 0 Å². The second-order valence-corrected chi connectivity index (χ2v) is 35.8. The van der Waals surface area contributed by atoms with Crippen molar-refractivity contribution in [3.8, 4) is 86.2 Å². The summed E-state index contributed by atoms with van der Waals surface area (Å²) in [6.45, 7) is 2.55. The van der Waals surface area contributed by atoms with Gasteiger partial charge in [0.1, 0.15) is 114 Å². The van der Waals surface area contributed by atoms with Crippen molar-refractivity contribution in [2.75, 3.05) is 49.3 Å². The van der Waals surface area contributed by atoms with Crippen molar-refractivity contribution in [2.45, 2.75) is 103 Å². The van der Waals surface area contributed by atoms with E-state index in [1.165, 1.54) is 35.5 Å². The Morgan fingerprint density at radius 1 is 0.216 bits per heavy atom. The van der Waals surface area contributed by atoms with Crippen LogP contribution in [0.1, 0.15) is 170 Å². The molecule has 0 aromatic heterocycles. The fraction of sp³-hybridized carbons (Fsp3) is 0.195. The number of benzene rings is 15. The molecule has 0 spiro atoms.